The van der Waals surface area contributed by atoms with Gasteiger partial charge in [-0.3, -0.25) is 14.8 Å². The van der Waals surface area contributed by atoms with Gasteiger partial charge in [-0.2, -0.15) is 5.10 Å². The van der Waals surface area contributed by atoms with E-state index in [-0.39, 0.29) is 10.7 Å². The number of nitro benzene ring substituents is 1. The molecule has 0 bridgehead atoms. The largest absolute Gasteiger partial charge is 0.374 e. The molecule has 0 saturated carbocycles. The summed E-state index contributed by atoms with van der Waals surface area (Å²) >= 11 is 9.10. The average molecular weight is 346 g/mol. The van der Waals surface area contributed by atoms with E-state index < -0.39 is 4.92 Å². The maximum absolute atomic E-state index is 11.1. The first-order chi connectivity index (χ1) is 8.99. The molecule has 0 aliphatic heterocycles. The summed E-state index contributed by atoms with van der Waals surface area (Å²) in [5.41, 5.74) is 1.01. The molecule has 1 N–H and O–H groups in total. The molecular formula is C11H10BrClN4O2. The third-order valence-electron chi connectivity index (χ3n) is 2.48. The Bertz CT molecular complexity index is 629. The van der Waals surface area contributed by atoms with E-state index in [2.05, 4.69) is 26.3 Å². The monoisotopic (exact) mass is 344 g/mol. The molecule has 0 unspecified atom stereocenters. The predicted octanol–water partition coefficient (Wildman–Crippen LogP) is 3.36. The van der Waals surface area contributed by atoms with Gasteiger partial charge in [-0.15, -0.1) is 0 Å². The van der Waals surface area contributed by atoms with Crippen molar-refractivity contribution >= 4 is 38.9 Å². The first-order valence-corrected chi connectivity index (χ1v) is 6.51. The fourth-order valence-corrected chi connectivity index (χ4v) is 2.16. The number of hydrogen-bond donors (Lipinski definition) is 1. The molecule has 0 fully saturated rings. The molecule has 0 radical (unpaired) electrons. The Hall–Kier alpha value is -1.60. The van der Waals surface area contributed by atoms with Gasteiger partial charge >= 0.3 is 5.69 Å². The van der Waals surface area contributed by atoms with E-state index >= 15 is 0 Å². The van der Waals surface area contributed by atoms with Crippen LogP contribution in [-0.4, -0.2) is 14.7 Å². The van der Waals surface area contributed by atoms with Crippen molar-refractivity contribution in [3.05, 3.63) is 49.7 Å². The summed E-state index contributed by atoms with van der Waals surface area (Å²) in [6, 6.07) is 5.10. The second-order valence-corrected chi connectivity index (χ2v) is 5.08. The van der Waals surface area contributed by atoms with Gasteiger partial charge in [0.1, 0.15) is 10.7 Å². The number of benzene rings is 1. The van der Waals surface area contributed by atoms with Crippen LogP contribution in [0.5, 0.6) is 0 Å². The zero-order valence-corrected chi connectivity index (χ0v) is 12.3. The lowest BCUT2D eigenvalue weighted by Gasteiger charge is -2.07. The highest BCUT2D eigenvalue weighted by atomic mass is 79.9. The van der Waals surface area contributed by atoms with Crippen LogP contribution in [0.25, 0.3) is 0 Å². The SMILES string of the molecule is Cn1ccc(CNc2ccc(Br)c(Cl)c2[N+](=O)[O-])n1. The van der Waals surface area contributed by atoms with Gasteiger partial charge in [0.25, 0.3) is 0 Å². The van der Waals surface area contributed by atoms with Crippen molar-refractivity contribution in [3.63, 3.8) is 0 Å². The maximum Gasteiger partial charge on any atom is 0.311 e. The standard InChI is InChI=1S/C11H10BrClN4O2/c1-16-5-4-7(15-16)6-14-9-3-2-8(12)10(13)11(9)17(18)19/h2-5,14H,6H2,1H3. The van der Waals surface area contributed by atoms with Crippen LogP contribution in [0.4, 0.5) is 11.4 Å². The van der Waals surface area contributed by atoms with Crippen LogP contribution in [0.2, 0.25) is 5.02 Å². The number of nitrogens with zero attached hydrogens (tertiary/aromatic N) is 3. The first kappa shape index (κ1) is 13.8. The molecule has 0 atom stereocenters. The molecule has 0 amide bonds. The third-order valence-corrected chi connectivity index (χ3v) is 3.75. The lowest BCUT2D eigenvalue weighted by atomic mass is 10.2. The van der Waals surface area contributed by atoms with Crippen molar-refractivity contribution in [2.45, 2.75) is 6.54 Å². The second-order valence-electron chi connectivity index (χ2n) is 3.85. The number of halogens is 2. The molecular weight excluding hydrogens is 336 g/mol. The number of anilines is 1. The van der Waals surface area contributed by atoms with Crippen molar-refractivity contribution in [1.82, 2.24) is 9.78 Å². The number of nitrogens with one attached hydrogen (secondary N) is 1. The summed E-state index contributed by atoms with van der Waals surface area (Å²) in [6.07, 6.45) is 1.81. The molecule has 2 rings (SSSR count). The highest BCUT2D eigenvalue weighted by molar-refractivity contribution is 9.10. The van der Waals surface area contributed by atoms with Gasteiger partial charge in [-0.05, 0) is 34.1 Å². The lowest BCUT2D eigenvalue weighted by molar-refractivity contribution is -0.383. The molecule has 1 aromatic carbocycles. The molecule has 0 spiro atoms. The van der Waals surface area contributed by atoms with Crippen LogP contribution >= 0.6 is 27.5 Å². The summed E-state index contributed by atoms with van der Waals surface area (Å²) in [5.74, 6) is 0. The molecule has 0 aliphatic carbocycles. The van der Waals surface area contributed by atoms with Gasteiger partial charge in [-0.25, -0.2) is 0 Å². The zero-order valence-electron chi connectivity index (χ0n) is 9.93. The van der Waals surface area contributed by atoms with Gasteiger partial charge in [0.05, 0.1) is 17.2 Å². The van der Waals surface area contributed by atoms with E-state index in [0.717, 1.165) is 5.69 Å². The van der Waals surface area contributed by atoms with E-state index in [4.69, 9.17) is 11.6 Å². The van der Waals surface area contributed by atoms with Gasteiger partial charge in [-0.1, -0.05) is 11.6 Å². The number of aromatic nitrogens is 2. The lowest BCUT2D eigenvalue weighted by Crippen LogP contribution is -2.04. The molecule has 6 nitrogen and oxygen atoms in total. The van der Waals surface area contributed by atoms with Gasteiger partial charge in [0.2, 0.25) is 0 Å². The Kier molecular flexibility index (Phi) is 4.06. The Balaban J connectivity index is 2.25. The van der Waals surface area contributed by atoms with Crippen LogP contribution < -0.4 is 5.32 Å². The smallest absolute Gasteiger partial charge is 0.311 e. The summed E-state index contributed by atoms with van der Waals surface area (Å²) in [7, 11) is 1.81. The van der Waals surface area contributed by atoms with Crippen LogP contribution in [0.1, 0.15) is 5.69 Å². The van der Waals surface area contributed by atoms with Crippen molar-refractivity contribution in [2.75, 3.05) is 5.32 Å². The Morgan fingerprint density at radius 1 is 1.53 bits per heavy atom. The van der Waals surface area contributed by atoms with E-state index in [1.54, 1.807) is 23.0 Å². The molecule has 2 aromatic rings. The van der Waals surface area contributed by atoms with Crippen molar-refractivity contribution in [2.24, 2.45) is 7.05 Å². The molecule has 0 aliphatic rings. The molecule has 8 heteroatoms. The van der Waals surface area contributed by atoms with Gasteiger partial charge < -0.3 is 5.32 Å². The third kappa shape index (κ3) is 3.05. The minimum Gasteiger partial charge on any atom is -0.374 e. The average Bonchev–Trinajstić information content (AvgIpc) is 2.76. The summed E-state index contributed by atoms with van der Waals surface area (Å²) in [5, 5.41) is 18.3. The number of aryl methyl sites for hydroxylation is 1. The number of nitro groups is 1. The van der Waals surface area contributed by atoms with E-state index in [1.807, 2.05) is 13.1 Å². The van der Waals surface area contributed by atoms with Crippen LogP contribution in [0.15, 0.2) is 28.9 Å². The van der Waals surface area contributed by atoms with E-state index in [1.165, 1.54) is 0 Å². The Morgan fingerprint density at radius 3 is 2.84 bits per heavy atom. The van der Waals surface area contributed by atoms with Crippen molar-refractivity contribution in [3.8, 4) is 0 Å². The molecule has 1 aromatic heterocycles. The Labute approximate surface area is 122 Å². The van der Waals surface area contributed by atoms with Crippen molar-refractivity contribution in [1.29, 1.82) is 0 Å². The first-order valence-electron chi connectivity index (χ1n) is 5.34. The fourth-order valence-electron chi connectivity index (χ4n) is 1.60. The highest BCUT2D eigenvalue weighted by Crippen LogP contribution is 2.38. The predicted molar refractivity (Wildman–Crippen MR) is 76.3 cm³/mol. The quantitative estimate of drug-likeness (QED) is 0.681. The topological polar surface area (TPSA) is 73.0 Å². The molecule has 19 heavy (non-hydrogen) atoms. The minimum atomic E-state index is -0.506. The van der Waals surface area contributed by atoms with Gasteiger partial charge in [0.15, 0.2) is 0 Å². The van der Waals surface area contributed by atoms with Crippen LogP contribution in [0.3, 0.4) is 0 Å². The molecule has 0 saturated heterocycles. The fraction of sp³-hybridized carbons (Fsp3) is 0.182. The number of hydrogen-bond acceptors (Lipinski definition) is 4. The maximum atomic E-state index is 11.1. The summed E-state index contributed by atoms with van der Waals surface area (Å²) in [4.78, 5) is 10.5. The van der Waals surface area contributed by atoms with Crippen molar-refractivity contribution < 1.29 is 4.92 Å². The van der Waals surface area contributed by atoms with Gasteiger partial charge in [0, 0.05) is 17.7 Å². The summed E-state index contributed by atoms with van der Waals surface area (Å²) in [6.45, 7) is 0.389. The molecule has 100 valence electrons. The summed E-state index contributed by atoms with van der Waals surface area (Å²) < 4.78 is 2.16. The number of rotatable bonds is 4. The molecule has 1 heterocycles. The van der Waals surface area contributed by atoms with Crippen LogP contribution in [-0.2, 0) is 13.6 Å². The van der Waals surface area contributed by atoms with E-state index in [0.29, 0.717) is 16.7 Å². The normalized spacial score (nSPS) is 10.5. The van der Waals surface area contributed by atoms with Crippen LogP contribution in [0, 0.1) is 10.1 Å². The second kappa shape index (κ2) is 5.58. The minimum absolute atomic E-state index is 0.0796. The Morgan fingerprint density at radius 2 is 2.26 bits per heavy atom. The van der Waals surface area contributed by atoms with E-state index in [9.17, 15) is 10.1 Å². The highest BCUT2D eigenvalue weighted by Gasteiger charge is 2.21. The zero-order chi connectivity index (χ0) is 14.0.